The van der Waals surface area contributed by atoms with Gasteiger partial charge in [-0.1, -0.05) is 37.3 Å². The average molecular weight is 276 g/mol. The number of benzene rings is 1. The monoisotopic (exact) mass is 276 g/mol. The number of likely N-dealkylation sites (tertiary alicyclic amines) is 1. The standard InChI is InChI=1S/C17H28N2O/c1-14(11-19-10-9-15(12-19)13-20-3)17(18-2)16-7-5-4-6-8-16/h4-8,14-15,17-18H,9-13H2,1-3H3. The van der Waals surface area contributed by atoms with Crippen LogP contribution in [0, 0.1) is 11.8 Å². The molecule has 1 heterocycles. The molecule has 2 rings (SSSR count). The largest absolute Gasteiger partial charge is 0.384 e. The molecule has 3 unspecified atom stereocenters. The van der Waals surface area contributed by atoms with Crippen molar-refractivity contribution in [3.8, 4) is 0 Å². The van der Waals surface area contributed by atoms with Crippen molar-refractivity contribution in [3.63, 3.8) is 0 Å². The van der Waals surface area contributed by atoms with E-state index >= 15 is 0 Å². The maximum absolute atomic E-state index is 5.28. The molecule has 1 aromatic carbocycles. The molecule has 1 aliphatic heterocycles. The van der Waals surface area contributed by atoms with Gasteiger partial charge in [-0.05, 0) is 37.4 Å². The highest BCUT2D eigenvalue weighted by Crippen LogP contribution is 2.25. The van der Waals surface area contributed by atoms with Gasteiger partial charge in [0.2, 0.25) is 0 Å². The molecule has 0 spiro atoms. The minimum atomic E-state index is 0.428. The van der Waals surface area contributed by atoms with Gasteiger partial charge >= 0.3 is 0 Å². The normalized spacial score (nSPS) is 22.9. The Labute approximate surface area is 123 Å². The number of rotatable bonds is 7. The molecule has 20 heavy (non-hydrogen) atoms. The maximum Gasteiger partial charge on any atom is 0.0503 e. The summed E-state index contributed by atoms with van der Waals surface area (Å²) in [6, 6.07) is 11.2. The molecule has 1 aliphatic rings. The molecule has 0 aliphatic carbocycles. The molecule has 0 radical (unpaired) electrons. The smallest absolute Gasteiger partial charge is 0.0503 e. The van der Waals surface area contributed by atoms with Gasteiger partial charge in [0, 0.05) is 26.2 Å². The number of hydrogen-bond donors (Lipinski definition) is 1. The summed E-state index contributed by atoms with van der Waals surface area (Å²) in [5, 5.41) is 3.48. The van der Waals surface area contributed by atoms with Gasteiger partial charge in [0.1, 0.15) is 0 Å². The van der Waals surface area contributed by atoms with Crippen molar-refractivity contribution >= 4 is 0 Å². The molecule has 1 N–H and O–H groups in total. The van der Waals surface area contributed by atoms with Crippen LogP contribution in [0.1, 0.15) is 24.9 Å². The first kappa shape index (κ1) is 15.5. The zero-order valence-corrected chi connectivity index (χ0v) is 13.0. The van der Waals surface area contributed by atoms with Gasteiger partial charge in [0.05, 0.1) is 6.61 Å². The van der Waals surface area contributed by atoms with Gasteiger partial charge in [-0.3, -0.25) is 0 Å². The van der Waals surface area contributed by atoms with Gasteiger partial charge in [-0.25, -0.2) is 0 Å². The minimum absolute atomic E-state index is 0.428. The lowest BCUT2D eigenvalue weighted by Crippen LogP contribution is -2.34. The summed E-state index contributed by atoms with van der Waals surface area (Å²) in [6.07, 6.45) is 1.27. The molecule has 0 bridgehead atoms. The highest BCUT2D eigenvalue weighted by atomic mass is 16.5. The lowest BCUT2D eigenvalue weighted by Gasteiger charge is -2.28. The van der Waals surface area contributed by atoms with Crippen LogP contribution in [0.4, 0.5) is 0 Å². The van der Waals surface area contributed by atoms with Crippen molar-refractivity contribution in [2.24, 2.45) is 11.8 Å². The summed E-state index contributed by atoms with van der Waals surface area (Å²) in [6.45, 7) is 6.80. The Hall–Kier alpha value is -0.900. The Morgan fingerprint density at radius 3 is 2.75 bits per heavy atom. The first-order chi connectivity index (χ1) is 9.74. The number of nitrogens with zero attached hydrogens (tertiary/aromatic N) is 1. The van der Waals surface area contributed by atoms with Crippen LogP contribution in [0.25, 0.3) is 0 Å². The van der Waals surface area contributed by atoms with Crippen molar-refractivity contribution in [1.29, 1.82) is 0 Å². The Balaban J connectivity index is 1.89. The Bertz CT molecular complexity index is 382. The first-order valence-corrected chi connectivity index (χ1v) is 7.68. The lowest BCUT2D eigenvalue weighted by atomic mass is 9.94. The number of ether oxygens (including phenoxy) is 1. The van der Waals surface area contributed by atoms with E-state index in [4.69, 9.17) is 4.74 Å². The third-order valence-corrected chi connectivity index (χ3v) is 4.36. The molecule has 0 aromatic heterocycles. The van der Waals surface area contributed by atoms with Crippen LogP contribution < -0.4 is 5.32 Å². The van der Waals surface area contributed by atoms with Crippen molar-refractivity contribution in [3.05, 3.63) is 35.9 Å². The van der Waals surface area contributed by atoms with E-state index in [1.807, 2.05) is 0 Å². The molecule has 3 nitrogen and oxygen atoms in total. The molecular weight excluding hydrogens is 248 g/mol. The highest BCUT2D eigenvalue weighted by Gasteiger charge is 2.26. The van der Waals surface area contributed by atoms with Crippen LogP contribution in [-0.4, -0.2) is 45.3 Å². The number of hydrogen-bond acceptors (Lipinski definition) is 3. The maximum atomic E-state index is 5.28. The van der Waals surface area contributed by atoms with E-state index in [1.165, 1.54) is 25.1 Å². The molecule has 1 fully saturated rings. The molecule has 3 heteroatoms. The molecule has 112 valence electrons. The summed E-state index contributed by atoms with van der Waals surface area (Å²) in [7, 11) is 3.86. The first-order valence-electron chi connectivity index (χ1n) is 7.68. The molecule has 3 atom stereocenters. The third-order valence-electron chi connectivity index (χ3n) is 4.36. The minimum Gasteiger partial charge on any atom is -0.384 e. The highest BCUT2D eigenvalue weighted by molar-refractivity contribution is 5.19. The fraction of sp³-hybridized carbons (Fsp3) is 0.647. The zero-order chi connectivity index (χ0) is 14.4. The topological polar surface area (TPSA) is 24.5 Å². The van der Waals surface area contributed by atoms with E-state index in [2.05, 4.69) is 54.5 Å². The van der Waals surface area contributed by atoms with Crippen LogP contribution in [0.2, 0.25) is 0 Å². The third kappa shape index (κ3) is 4.05. The van der Waals surface area contributed by atoms with Crippen LogP contribution in [0.3, 0.4) is 0 Å². The second-order valence-corrected chi connectivity index (χ2v) is 6.02. The summed E-state index contributed by atoms with van der Waals surface area (Å²) in [5.74, 6) is 1.32. The van der Waals surface area contributed by atoms with Gasteiger partial charge in [-0.15, -0.1) is 0 Å². The van der Waals surface area contributed by atoms with Crippen molar-refractivity contribution < 1.29 is 4.74 Å². The Kier molecular flexibility index (Phi) is 6.02. The average Bonchev–Trinajstić information content (AvgIpc) is 2.88. The van der Waals surface area contributed by atoms with Crippen LogP contribution in [0.5, 0.6) is 0 Å². The van der Waals surface area contributed by atoms with Gasteiger partial charge in [0.25, 0.3) is 0 Å². The van der Waals surface area contributed by atoms with Crippen LogP contribution in [0.15, 0.2) is 30.3 Å². The summed E-state index contributed by atoms with van der Waals surface area (Å²) in [4.78, 5) is 2.58. The van der Waals surface area contributed by atoms with E-state index in [-0.39, 0.29) is 0 Å². The Morgan fingerprint density at radius 2 is 2.10 bits per heavy atom. The quantitative estimate of drug-likeness (QED) is 0.828. The molecular formula is C17H28N2O. The van der Waals surface area contributed by atoms with Crippen molar-refractivity contribution in [2.45, 2.75) is 19.4 Å². The van der Waals surface area contributed by atoms with Crippen molar-refractivity contribution in [1.82, 2.24) is 10.2 Å². The second kappa shape index (κ2) is 7.77. The van der Waals surface area contributed by atoms with E-state index in [9.17, 15) is 0 Å². The molecule has 1 saturated heterocycles. The molecule has 0 saturated carbocycles. The van der Waals surface area contributed by atoms with Gasteiger partial charge in [-0.2, -0.15) is 0 Å². The van der Waals surface area contributed by atoms with E-state index in [0.717, 1.165) is 19.1 Å². The molecule has 1 aromatic rings. The van der Waals surface area contributed by atoms with E-state index in [0.29, 0.717) is 12.0 Å². The van der Waals surface area contributed by atoms with Gasteiger partial charge < -0.3 is 15.0 Å². The Morgan fingerprint density at radius 1 is 1.35 bits per heavy atom. The van der Waals surface area contributed by atoms with E-state index in [1.54, 1.807) is 7.11 Å². The van der Waals surface area contributed by atoms with E-state index < -0.39 is 0 Å². The summed E-state index contributed by atoms with van der Waals surface area (Å²) in [5.41, 5.74) is 1.38. The number of nitrogens with one attached hydrogen (secondary N) is 1. The summed E-state index contributed by atoms with van der Waals surface area (Å²) < 4.78 is 5.28. The predicted molar refractivity (Wildman–Crippen MR) is 83.8 cm³/mol. The number of methoxy groups -OCH3 is 1. The fourth-order valence-corrected chi connectivity index (χ4v) is 3.40. The second-order valence-electron chi connectivity index (χ2n) is 6.02. The zero-order valence-electron chi connectivity index (χ0n) is 13.0. The lowest BCUT2D eigenvalue weighted by molar-refractivity contribution is 0.150. The van der Waals surface area contributed by atoms with Crippen LogP contribution in [-0.2, 0) is 4.74 Å². The van der Waals surface area contributed by atoms with Crippen molar-refractivity contribution in [2.75, 3.05) is 40.4 Å². The fourth-order valence-electron chi connectivity index (χ4n) is 3.40. The predicted octanol–water partition coefficient (Wildman–Crippen LogP) is 2.55. The SMILES string of the molecule is CNC(c1ccccc1)C(C)CN1CCC(COC)C1. The summed E-state index contributed by atoms with van der Waals surface area (Å²) >= 11 is 0. The van der Waals surface area contributed by atoms with Gasteiger partial charge in [0.15, 0.2) is 0 Å². The van der Waals surface area contributed by atoms with Crippen LogP contribution >= 0.6 is 0 Å². The molecule has 0 amide bonds.